The van der Waals surface area contributed by atoms with E-state index in [2.05, 4.69) is 53.7 Å². The molecule has 0 saturated heterocycles. The van der Waals surface area contributed by atoms with Gasteiger partial charge in [0.05, 0.1) is 0 Å². The number of hydrogen-bond acceptors (Lipinski definition) is 2. The third-order valence-electron chi connectivity index (χ3n) is 1.68. The van der Waals surface area contributed by atoms with Crippen molar-refractivity contribution in [1.29, 1.82) is 0 Å². The van der Waals surface area contributed by atoms with Crippen molar-refractivity contribution in [3.05, 3.63) is 24.3 Å². The second kappa shape index (κ2) is 4.70. The summed E-state index contributed by atoms with van der Waals surface area (Å²) in [4.78, 5) is 1.21. The lowest BCUT2D eigenvalue weighted by molar-refractivity contribution is 0.127. The van der Waals surface area contributed by atoms with Crippen LogP contribution >= 0.6 is 11.8 Å². The zero-order valence-corrected chi connectivity index (χ0v) is 11.9. The molecule has 0 aliphatic carbocycles. The molecule has 0 atom stereocenters. The topological polar surface area (TPSA) is 9.23 Å². The van der Waals surface area contributed by atoms with E-state index in [0.29, 0.717) is 0 Å². The van der Waals surface area contributed by atoms with Crippen LogP contribution in [0.25, 0.3) is 0 Å². The van der Waals surface area contributed by atoms with Crippen molar-refractivity contribution in [2.24, 2.45) is 0 Å². The summed E-state index contributed by atoms with van der Waals surface area (Å²) in [6.45, 7) is 12.9. The van der Waals surface area contributed by atoms with Gasteiger partial charge in [-0.25, -0.2) is 0 Å². The fourth-order valence-electron chi connectivity index (χ4n) is 1.28. The SMILES string of the molecule is CC(C)(C)Oc1ccccc1SC(C)(C)C. The normalized spacial score (nSPS) is 12.6. The molecule has 0 heterocycles. The zero-order chi connectivity index (χ0) is 12.4. The van der Waals surface area contributed by atoms with Gasteiger partial charge in [-0.1, -0.05) is 32.9 Å². The largest absolute Gasteiger partial charge is 0.487 e. The van der Waals surface area contributed by atoms with Crippen molar-refractivity contribution in [2.45, 2.75) is 56.8 Å². The van der Waals surface area contributed by atoms with E-state index in [1.165, 1.54) is 4.90 Å². The average Bonchev–Trinajstić information content (AvgIpc) is 2.03. The van der Waals surface area contributed by atoms with E-state index >= 15 is 0 Å². The second-order valence-electron chi connectivity index (χ2n) is 5.88. The molecule has 90 valence electrons. The highest BCUT2D eigenvalue weighted by molar-refractivity contribution is 8.00. The molecule has 1 aromatic rings. The number of ether oxygens (including phenoxy) is 1. The first-order valence-corrected chi connectivity index (χ1v) is 6.46. The molecule has 0 N–H and O–H groups in total. The molecule has 1 aromatic carbocycles. The van der Waals surface area contributed by atoms with Gasteiger partial charge in [-0.3, -0.25) is 0 Å². The van der Waals surface area contributed by atoms with Gasteiger partial charge in [0.15, 0.2) is 0 Å². The van der Waals surface area contributed by atoms with Gasteiger partial charge in [0.2, 0.25) is 0 Å². The first kappa shape index (κ1) is 13.4. The summed E-state index contributed by atoms with van der Waals surface area (Å²) in [5.74, 6) is 0.981. The van der Waals surface area contributed by atoms with Crippen LogP contribution in [0, 0.1) is 0 Å². The minimum absolute atomic E-state index is 0.144. The highest BCUT2D eigenvalue weighted by atomic mass is 32.2. The molecule has 0 aliphatic rings. The van der Waals surface area contributed by atoms with Gasteiger partial charge in [-0.2, -0.15) is 0 Å². The predicted molar refractivity (Wildman–Crippen MR) is 72.4 cm³/mol. The molecule has 1 rings (SSSR count). The van der Waals surface area contributed by atoms with Gasteiger partial charge >= 0.3 is 0 Å². The maximum atomic E-state index is 5.96. The van der Waals surface area contributed by atoms with E-state index in [1.54, 1.807) is 0 Å². The van der Waals surface area contributed by atoms with Crippen LogP contribution in [0.3, 0.4) is 0 Å². The van der Waals surface area contributed by atoms with E-state index in [0.717, 1.165) is 5.75 Å². The second-order valence-corrected chi connectivity index (χ2v) is 7.74. The maximum Gasteiger partial charge on any atom is 0.133 e. The number of rotatable bonds is 2. The molecule has 0 spiro atoms. The third-order valence-corrected chi connectivity index (χ3v) is 2.85. The Morgan fingerprint density at radius 3 is 2.00 bits per heavy atom. The molecule has 0 radical (unpaired) electrons. The zero-order valence-electron chi connectivity index (χ0n) is 11.1. The third kappa shape index (κ3) is 4.93. The van der Waals surface area contributed by atoms with Crippen LogP contribution in [0.15, 0.2) is 29.2 Å². The van der Waals surface area contributed by atoms with Gasteiger partial charge in [0.25, 0.3) is 0 Å². The molecule has 1 nitrogen and oxygen atoms in total. The van der Waals surface area contributed by atoms with Gasteiger partial charge in [0.1, 0.15) is 11.4 Å². The van der Waals surface area contributed by atoms with Crippen LogP contribution in [0.1, 0.15) is 41.5 Å². The monoisotopic (exact) mass is 238 g/mol. The molecule has 2 heteroatoms. The molecule has 0 bridgehead atoms. The van der Waals surface area contributed by atoms with E-state index in [1.807, 2.05) is 23.9 Å². The molecule has 0 amide bonds. The predicted octanol–water partition coefficient (Wildman–Crippen LogP) is 4.75. The van der Waals surface area contributed by atoms with Crippen molar-refractivity contribution in [1.82, 2.24) is 0 Å². The molecular formula is C14H22OS. The first-order valence-electron chi connectivity index (χ1n) is 5.64. The standard InChI is InChI=1S/C14H22OS/c1-13(2,3)15-11-9-7-8-10-12(11)16-14(4,5)6/h7-10H,1-6H3. The first-order chi connectivity index (χ1) is 7.17. The van der Waals surface area contributed by atoms with Crippen LogP contribution in [0.2, 0.25) is 0 Å². The van der Waals surface area contributed by atoms with E-state index in [-0.39, 0.29) is 10.3 Å². The summed E-state index contributed by atoms with van der Waals surface area (Å²) in [7, 11) is 0. The molecule has 0 aliphatic heterocycles. The van der Waals surface area contributed by atoms with Gasteiger partial charge < -0.3 is 4.74 Å². The van der Waals surface area contributed by atoms with E-state index in [9.17, 15) is 0 Å². The number of hydrogen-bond donors (Lipinski definition) is 0. The van der Waals surface area contributed by atoms with Crippen LogP contribution in [-0.4, -0.2) is 10.3 Å². The van der Waals surface area contributed by atoms with Crippen molar-refractivity contribution in [3.63, 3.8) is 0 Å². The van der Waals surface area contributed by atoms with Crippen molar-refractivity contribution in [2.75, 3.05) is 0 Å². The Balaban J connectivity index is 2.92. The summed E-state index contributed by atoms with van der Waals surface area (Å²) < 4.78 is 6.16. The molecule has 0 fully saturated rings. The van der Waals surface area contributed by atoms with Crippen molar-refractivity contribution in [3.8, 4) is 5.75 Å². The summed E-state index contributed by atoms with van der Waals surface area (Å²) in [5, 5.41) is 0. The van der Waals surface area contributed by atoms with Crippen LogP contribution in [-0.2, 0) is 0 Å². The minimum atomic E-state index is -0.144. The molecule has 0 aromatic heterocycles. The van der Waals surface area contributed by atoms with Crippen LogP contribution < -0.4 is 4.74 Å². The lowest BCUT2D eigenvalue weighted by atomic mass is 10.2. The summed E-state index contributed by atoms with van der Waals surface area (Å²) in [6.07, 6.45) is 0. The number of thioether (sulfide) groups is 1. The Kier molecular flexibility index (Phi) is 3.95. The van der Waals surface area contributed by atoms with E-state index in [4.69, 9.17) is 4.74 Å². The Labute approximate surface area is 104 Å². The molecule has 0 unspecified atom stereocenters. The quantitative estimate of drug-likeness (QED) is 0.687. The Morgan fingerprint density at radius 2 is 1.50 bits per heavy atom. The van der Waals surface area contributed by atoms with Crippen LogP contribution in [0.5, 0.6) is 5.75 Å². The highest BCUT2D eigenvalue weighted by Crippen LogP contribution is 2.38. The van der Waals surface area contributed by atoms with Crippen molar-refractivity contribution < 1.29 is 4.74 Å². The molecule has 0 saturated carbocycles. The van der Waals surface area contributed by atoms with Crippen LogP contribution in [0.4, 0.5) is 0 Å². The lowest BCUT2D eigenvalue weighted by Gasteiger charge is -2.25. The molecule has 16 heavy (non-hydrogen) atoms. The Bertz CT molecular complexity index is 309. The smallest absolute Gasteiger partial charge is 0.133 e. The van der Waals surface area contributed by atoms with E-state index < -0.39 is 0 Å². The van der Waals surface area contributed by atoms with Gasteiger partial charge in [-0.05, 0) is 32.9 Å². The summed E-state index contributed by atoms with van der Waals surface area (Å²) >= 11 is 1.84. The van der Waals surface area contributed by atoms with Gasteiger partial charge in [0, 0.05) is 9.64 Å². The summed E-state index contributed by atoms with van der Waals surface area (Å²) in [5.41, 5.74) is -0.144. The highest BCUT2D eigenvalue weighted by Gasteiger charge is 2.18. The van der Waals surface area contributed by atoms with Crippen molar-refractivity contribution >= 4 is 11.8 Å². The Hall–Kier alpha value is -0.630. The Morgan fingerprint density at radius 1 is 0.938 bits per heavy atom. The molecular weight excluding hydrogens is 216 g/mol. The number of para-hydroxylation sites is 1. The minimum Gasteiger partial charge on any atom is -0.487 e. The lowest BCUT2D eigenvalue weighted by Crippen LogP contribution is -2.23. The average molecular weight is 238 g/mol. The summed E-state index contributed by atoms with van der Waals surface area (Å²) in [6, 6.07) is 8.24. The fraction of sp³-hybridized carbons (Fsp3) is 0.571. The fourth-order valence-corrected chi connectivity index (χ4v) is 2.30. The number of benzene rings is 1. The maximum absolute atomic E-state index is 5.96. The van der Waals surface area contributed by atoms with Gasteiger partial charge in [-0.15, -0.1) is 11.8 Å².